The third-order valence-electron chi connectivity index (χ3n) is 4.75. The van der Waals surface area contributed by atoms with Crippen molar-refractivity contribution < 1.29 is 19.1 Å². The van der Waals surface area contributed by atoms with E-state index in [9.17, 15) is 14.4 Å². The molecule has 2 N–H and O–H groups in total. The molecule has 1 aromatic carbocycles. The predicted octanol–water partition coefficient (Wildman–Crippen LogP) is 4.17. The minimum Gasteiger partial charge on any atom is -0.444 e. The number of hydrogen-bond acceptors (Lipinski definition) is 4. The number of benzene rings is 1. The number of carbonyl (C=O) groups is 3. The van der Waals surface area contributed by atoms with Gasteiger partial charge in [0.05, 0.1) is 0 Å². The van der Waals surface area contributed by atoms with Gasteiger partial charge in [-0.15, -0.1) is 6.42 Å². The van der Waals surface area contributed by atoms with Crippen molar-refractivity contribution >= 4 is 17.9 Å². The lowest BCUT2D eigenvalue weighted by Crippen LogP contribution is -2.55. The number of terminal acetylenes is 1. The normalized spacial score (nSPS) is 12.3. The molecule has 1 rings (SSSR count). The van der Waals surface area contributed by atoms with Crippen molar-refractivity contribution in [1.82, 2.24) is 15.5 Å². The summed E-state index contributed by atoms with van der Waals surface area (Å²) in [6.07, 6.45) is 7.68. The topological polar surface area (TPSA) is 87.7 Å². The quantitative estimate of drug-likeness (QED) is 0.430. The summed E-state index contributed by atoms with van der Waals surface area (Å²) in [6, 6.07) is 6.14. The third kappa shape index (κ3) is 9.56. The molecule has 3 amide bonds. The summed E-state index contributed by atoms with van der Waals surface area (Å²) in [5, 5.41) is 5.47. The van der Waals surface area contributed by atoms with Crippen LogP contribution in [-0.2, 0) is 14.3 Å². The Balaban J connectivity index is 3.22. The van der Waals surface area contributed by atoms with Crippen molar-refractivity contribution in [2.45, 2.75) is 84.9 Å². The molecule has 0 saturated heterocycles. The molecular weight excluding hydrogens is 418 g/mol. The Labute approximate surface area is 198 Å². The molecule has 1 atom stereocenters. The molecule has 1 aromatic rings. The van der Waals surface area contributed by atoms with Gasteiger partial charge in [0, 0.05) is 17.6 Å². The number of alkyl carbamates (subject to hydrolysis) is 1. The van der Waals surface area contributed by atoms with E-state index in [1.54, 1.807) is 45.0 Å². The monoisotopic (exact) mass is 457 g/mol. The van der Waals surface area contributed by atoms with Gasteiger partial charge < -0.3 is 20.3 Å². The fourth-order valence-electron chi connectivity index (χ4n) is 3.32. The highest BCUT2D eigenvalue weighted by Crippen LogP contribution is 2.29. The van der Waals surface area contributed by atoms with Gasteiger partial charge >= 0.3 is 6.09 Å². The molecule has 0 heterocycles. The van der Waals surface area contributed by atoms with Crippen LogP contribution >= 0.6 is 0 Å². The Morgan fingerprint density at radius 1 is 1.03 bits per heavy atom. The van der Waals surface area contributed by atoms with E-state index in [0.717, 1.165) is 19.3 Å². The van der Waals surface area contributed by atoms with E-state index in [2.05, 4.69) is 23.5 Å². The molecular formula is C26H39N3O4. The Morgan fingerprint density at radius 3 is 2.12 bits per heavy atom. The van der Waals surface area contributed by atoms with Crippen molar-refractivity contribution in [3.05, 3.63) is 35.4 Å². The first-order valence-corrected chi connectivity index (χ1v) is 11.4. The zero-order chi connectivity index (χ0) is 25.2. The first-order chi connectivity index (χ1) is 15.3. The second kappa shape index (κ2) is 12.3. The largest absolute Gasteiger partial charge is 0.444 e. The molecule has 0 saturated carbocycles. The fraction of sp³-hybridized carbons (Fsp3) is 0.577. The Bertz CT molecular complexity index is 842. The molecule has 0 radical (unpaired) electrons. The highest BCUT2D eigenvalue weighted by Gasteiger charge is 2.38. The molecule has 0 aromatic heterocycles. The summed E-state index contributed by atoms with van der Waals surface area (Å²) in [7, 11) is 0. The van der Waals surface area contributed by atoms with Gasteiger partial charge in [0.15, 0.2) is 0 Å². The van der Waals surface area contributed by atoms with Crippen LogP contribution < -0.4 is 10.6 Å². The van der Waals surface area contributed by atoms with Crippen molar-refractivity contribution in [1.29, 1.82) is 0 Å². The van der Waals surface area contributed by atoms with Gasteiger partial charge in [-0.05, 0) is 65.7 Å². The first-order valence-electron chi connectivity index (χ1n) is 11.4. The molecule has 0 spiro atoms. The smallest absolute Gasteiger partial charge is 0.408 e. The highest BCUT2D eigenvalue weighted by molar-refractivity contribution is 5.91. The van der Waals surface area contributed by atoms with Crippen LogP contribution in [0.5, 0.6) is 0 Å². The van der Waals surface area contributed by atoms with Crippen molar-refractivity contribution in [3.8, 4) is 12.3 Å². The lowest BCUT2D eigenvalue weighted by molar-refractivity contribution is -0.145. The molecule has 0 aliphatic heterocycles. The summed E-state index contributed by atoms with van der Waals surface area (Å²) in [5.74, 6) is 1.88. The minimum absolute atomic E-state index is 0.278. The average Bonchev–Trinajstić information content (AvgIpc) is 2.71. The summed E-state index contributed by atoms with van der Waals surface area (Å²) >= 11 is 0. The number of hydrogen-bond donors (Lipinski definition) is 2. The molecule has 182 valence electrons. The summed E-state index contributed by atoms with van der Waals surface area (Å²) in [5.41, 5.74) is -0.0667. The van der Waals surface area contributed by atoms with Crippen LogP contribution in [0.25, 0.3) is 0 Å². The number of nitrogens with one attached hydrogen (secondary N) is 2. The van der Waals surface area contributed by atoms with Gasteiger partial charge in [0.2, 0.25) is 11.8 Å². The lowest BCUT2D eigenvalue weighted by Gasteiger charge is -2.41. The van der Waals surface area contributed by atoms with Crippen LogP contribution in [-0.4, -0.2) is 47.0 Å². The average molecular weight is 458 g/mol. The van der Waals surface area contributed by atoms with Crippen molar-refractivity contribution in [3.63, 3.8) is 0 Å². The Morgan fingerprint density at radius 2 is 1.64 bits per heavy atom. The maximum Gasteiger partial charge on any atom is 0.408 e. The summed E-state index contributed by atoms with van der Waals surface area (Å²) < 4.78 is 5.23. The number of nitrogens with zero attached hydrogens (tertiary/aromatic N) is 1. The van der Waals surface area contributed by atoms with E-state index in [-0.39, 0.29) is 12.5 Å². The van der Waals surface area contributed by atoms with Crippen LogP contribution in [0.1, 0.15) is 84.9 Å². The van der Waals surface area contributed by atoms with Crippen LogP contribution in [0.3, 0.4) is 0 Å². The zero-order valence-corrected chi connectivity index (χ0v) is 21.1. The highest BCUT2D eigenvalue weighted by atomic mass is 16.6. The molecule has 1 unspecified atom stereocenters. The number of unbranched alkanes of at least 4 members (excludes halogenated alkanes) is 2. The SMILES string of the molecule is C#Cc1ccc(C(C(=O)NCCCCC)N(C(=O)CNC(=O)OC(C)(C)C)C(C)(C)C)cc1. The van der Waals surface area contributed by atoms with Gasteiger partial charge in [-0.25, -0.2) is 4.79 Å². The third-order valence-corrected chi connectivity index (χ3v) is 4.75. The van der Waals surface area contributed by atoms with E-state index in [0.29, 0.717) is 17.7 Å². The van der Waals surface area contributed by atoms with Crippen LogP contribution in [0.15, 0.2) is 24.3 Å². The number of carbonyl (C=O) groups excluding carboxylic acids is 3. The minimum atomic E-state index is -0.883. The van der Waals surface area contributed by atoms with Gasteiger partial charge in [0.25, 0.3) is 0 Å². The first kappa shape index (κ1) is 28.0. The standard InChI is InChI=1S/C26H39N3O4/c1-9-11-12-17-27-23(31)22(20-15-13-19(10-2)14-16-20)29(25(3,4)5)21(30)18-28-24(32)33-26(6,7)8/h2,13-16,22H,9,11-12,17-18H2,1,3-8H3,(H,27,31)(H,28,32). The molecule has 0 aliphatic rings. The maximum absolute atomic E-state index is 13.3. The maximum atomic E-state index is 13.3. The number of ether oxygens (including phenoxy) is 1. The van der Waals surface area contributed by atoms with E-state index >= 15 is 0 Å². The molecule has 7 nitrogen and oxygen atoms in total. The van der Waals surface area contributed by atoms with Gasteiger partial charge in [-0.1, -0.05) is 37.8 Å². The molecule has 0 bridgehead atoms. The van der Waals surface area contributed by atoms with Gasteiger partial charge in [-0.2, -0.15) is 0 Å². The fourth-order valence-corrected chi connectivity index (χ4v) is 3.32. The molecule has 33 heavy (non-hydrogen) atoms. The molecule has 0 fully saturated rings. The van der Waals surface area contributed by atoms with Crippen LogP contribution in [0.4, 0.5) is 4.79 Å². The Hall–Kier alpha value is -3.01. The predicted molar refractivity (Wildman–Crippen MR) is 130 cm³/mol. The van der Waals surface area contributed by atoms with E-state index in [4.69, 9.17) is 11.2 Å². The molecule has 0 aliphatic carbocycles. The number of amides is 3. The van der Waals surface area contributed by atoms with Crippen molar-refractivity contribution in [2.24, 2.45) is 0 Å². The van der Waals surface area contributed by atoms with Crippen LogP contribution in [0, 0.1) is 12.3 Å². The second-order valence-corrected chi connectivity index (χ2v) is 9.96. The second-order valence-electron chi connectivity index (χ2n) is 9.96. The number of rotatable bonds is 9. The van der Waals surface area contributed by atoms with Gasteiger partial charge in [-0.3, -0.25) is 9.59 Å². The zero-order valence-electron chi connectivity index (χ0n) is 21.1. The Kier molecular flexibility index (Phi) is 10.4. The lowest BCUT2D eigenvalue weighted by atomic mass is 9.96. The van der Waals surface area contributed by atoms with E-state index in [1.165, 1.54) is 4.90 Å². The van der Waals surface area contributed by atoms with Gasteiger partial charge in [0.1, 0.15) is 18.2 Å². The van der Waals surface area contributed by atoms with Crippen LogP contribution in [0.2, 0.25) is 0 Å². The summed E-state index contributed by atoms with van der Waals surface area (Å²) in [6.45, 7) is 13.1. The van der Waals surface area contributed by atoms with E-state index < -0.39 is 29.2 Å². The van der Waals surface area contributed by atoms with E-state index in [1.807, 2.05) is 20.8 Å². The summed E-state index contributed by atoms with van der Waals surface area (Å²) in [4.78, 5) is 40.2. The van der Waals surface area contributed by atoms with Crippen molar-refractivity contribution in [2.75, 3.05) is 13.1 Å². The molecule has 7 heteroatoms.